The van der Waals surface area contributed by atoms with E-state index >= 15 is 0 Å². The van der Waals surface area contributed by atoms with E-state index in [1.54, 1.807) is 18.4 Å². The van der Waals surface area contributed by atoms with Gasteiger partial charge in [-0.1, -0.05) is 24.6 Å². The number of hydrogen-bond acceptors (Lipinski definition) is 4. The monoisotopic (exact) mass is 543 g/mol. The summed E-state index contributed by atoms with van der Waals surface area (Å²) in [5.74, 6) is 2.23. The van der Waals surface area contributed by atoms with Crippen LogP contribution in [0, 0.1) is 6.92 Å². The average Bonchev–Trinajstić information content (AvgIpc) is 3.29. The first-order chi connectivity index (χ1) is 14.1. The molecular weight excluding hydrogens is 509 g/mol. The maximum Gasteiger partial charge on any atom is 0.191 e. The van der Waals surface area contributed by atoms with Gasteiger partial charge in [0.15, 0.2) is 5.96 Å². The highest BCUT2D eigenvalue weighted by molar-refractivity contribution is 14.0. The third kappa shape index (κ3) is 6.11. The summed E-state index contributed by atoms with van der Waals surface area (Å²) in [6.07, 6.45) is 1.92. The molecule has 0 amide bonds. The number of thiophene rings is 1. The Balaban J connectivity index is 0.00000320. The summed E-state index contributed by atoms with van der Waals surface area (Å²) in [4.78, 5) is 4.45. The molecule has 2 N–H and O–H groups in total. The number of ether oxygens (including phenoxy) is 2. The van der Waals surface area contributed by atoms with Crippen LogP contribution in [0.1, 0.15) is 42.4 Å². The Morgan fingerprint density at radius 1 is 1.27 bits per heavy atom. The molecular formula is C23H34IN3O2S. The van der Waals surface area contributed by atoms with Gasteiger partial charge >= 0.3 is 0 Å². The highest BCUT2D eigenvalue weighted by atomic mass is 127. The lowest BCUT2D eigenvalue weighted by atomic mass is 9.73. The van der Waals surface area contributed by atoms with Gasteiger partial charge in [-0.3, -0.25) is 4.99 Å². The number of nitrogens with zero attached hydrogens (tertiary/aromatic N) is 1. The van der Waals surface area contributed by atoms with Crippen molar-refractivity contribution in [3.05, 3.63) is 51.7 Å². The van der Waals surface area contributed by atoms with E-state index in [9.17, 15) is 0 Å². The minimum absolute atomic E-state index is 0. The Hall–Kier alpha value is -1.32. The van der Waals surface area contributed by atoms with Crippen molar-refractivity contribution in [2.45, 2.75) is 38.0 Å². The Morgan fingerprint density at radius 3 is 2.67 bits per heavy atom. The van der Waals surface area contributed by atoms with Gasteiger partial charge < -0.3 is 20.1 Å². The van der Waals surface area contributed by atoms with Crippen molar-refractivity contribution in [3.63, 3.8) is 0 Å². The minimum Gasteiger partial charge on any atom is -0.496 e. The predicted octanol–water partition coefficient (Wildman–Crippen LogP) is 4.70. The molecule has 1 aromatic carbocycles. The van der Waals surface area contributed by atoms with Crippen LogP contribution < -0.4 is 15.4 Å². The van der Waals surface area contributed by atoms with Crippen molar-refractivity contribution < 1.29 is 9.47 Å². The fourth-order valence-electron chi connectivity index (χ4n) is 3.94. The van der Waals surface area contributed by atoms with Gasteiger partial charge in [-0.05, 0) is 54.1 Å². The maximum atomic E-state index is 5.72. The van der Waals surface area contributed by atoms with Crippen LogP contribution >= 0.6 is 35.3 Å². The Bertz CT molecular complexity index is 805. The summed E-state index contributed by atoms with van der Waals surface area (Å²) >= 11 is 1.74. The van der Waals surface area contributed by atoms with Crippen LogP contribution in [0.5, 0.6) is 5.75 Å². The molecule has 1 aliphatic heterocycles. The summed E-state index contributed by atoms with van der Waals surface area (Å²) in [7, 11) is 3.58. The molecule has 2 aromatic rings. The van der Waals surface area contributed by atoms with E-state index in [1.807, 2.05) is 7.05 Å². The Morgan fingerprint density at radius 2 is 2.03 bits per heavy atom. The molecule has 2 heterocycles. The van der Waals surface area contributed by atoms with E-state index in [0.29, 0.717) is 5.92 Å². The molecule has 0 spiro atoms. The van der Waals surface area contributed by atoms with Crippen LogP contribution in [0.15, 0.2) is 40.0 Å². The zero-order valence-electron chi connectivity index (χ0n) is 18.4. The van der Waals surface area contributed by atoms with E-state index in [4.69, 9.17) is 9.47 Å². The van der Waals surface area contributed by atoms with Crippen LogP contribution in [0.2, 0.25) is 0 Å². The van der Waals surface area contributed by atoms with Crippen molar-refractivity contribution in [2.75, 3.05) is 40.5 Å². The molecule has 1 aromatic heterocycles. The fourth-order valence-corrected chi connectivity index (χ4v) is 4.72. The molecule has 1 aliphatic rings. The smallest absolute Gasteiger partial charge is 0.191 e. The first-order valence-corrected chi connectivity index (χ1v) is 11.2. The first-order valence-electron chi connectivity index (χ1n) is 10.3. The van der Waals surface area contributed by atoms with Crippen LogP contribution in [0.3, 0.4) is 0 Å². The number of methoxy groups -OCH3 is 1. The predicted molar refractivity (Wildman–Crippen MR) is 137 cm³/mol. The van der Waals surface area contributed by atoms with Crippen molar-refractivity contribution in [1.29, 1.82) is 0 Å². The summed E-state index contributed by atoms with van der Waals surface area (Å²) in [6.45, 7) is 7.54. The number of halogens is 1. The van der Waals surface area contributed by atoms with Crippen LogP contribution in [0.4, 0.5) is 0 Å². The number of aryl methyl sites for hydroxylation is 1. The first kappa shape index (κ1) is 24.9. The third-order valence-electron chi connectivity index (χ3n) is 5.88. The standard InChI is InChI=1S/C23H33N3O2S.HI/c1-17-5-6-21(27-4)20(13-17)23(8-10-28-11-9-23)16-26-22(24-3)25-14-18(2)19-7-12-29-15-19;/h5-7,12-13,15,18H,8-11,14,16H2,1-4H3,(H2,24,25,26);1H. The normalized spacial score (nSPS) is 17.0. The highest BCUT2D eigenvalue weighted by Crippen LogP contribution is 2.40. The molecule has 1 saturated heterocycles. The van der Waals surface area contributed by atoms with Gasteiger partial charge in [-0.25, -0.2) is 0 Å². The van der Waals surface area contributed by atoms with Crippen molar-refractivity contribution >= 4 is 41.3 Å². The lowest BCUT2D eigenvalue weighted by molar-refractivity contribution is 0.0505. The van der Waals surface area contributed by atoms with Crippen molar-refractivity contribution in [2.24, 2.45) is 4.99 Å². The minimum atomic E-state index is -0.0355. The number of hydrogen-bond donors (Lipinski definition) is 2. The second kappa shape index (κ2) is 11.9. The molecule has 0 saturated carbocycles. The second-order valence-electron chi connectivity index (χ2n) is 7.86. The van der Waals surface area contributed by atoms with Gasteiger partial charge in [0.25, 0.3) is 0 Å². The lowest BCUT2D eigenvalue weighted by Gasteiger charge is -2.39. The zero-order chi connectivity index (χ0) is 20.7. The molecule has 166 valence electrons. The molecule has 1 fully saturated rings. The van der Waals surface area contributed by atoms with Gasteiger partial charge in [0.2, 0.25) is 0 Å². The fraction of sp³-hybridized carbons (Fsp3) is 0.522. The van der Waals surface area contributed by atoms with E-state index in [0.717, 1.165) is 50.9 Å². The maximum absolute atomic E-state index is 5.72. The van der Waals surface area contributed by atoms with E-state index < -0.39 is 0 Å². The lowest BCUT2D eigenvalue weighted by Crippen LogP contribution is -2.48. The van der Waals surface area contributed by atoms with Crippen LogP contribution in [-0.2, 0) is 10.2 Å². The number of rotatable bonds is 7. The van der Waals surface area contributed by atoms with Crippen LogP contribution in [-0.4, -0.2) is 46.4 Å². The quantitative estimate of drug-likeness (QED) is 0.302. The van der Waals surface area contributed by atoms with E-state index in [2.05, 4.69) is 64.5 Å². The van der Waals surface area contributed by atoms with E-state index in [-0.39, 0.29) is 29.4 Å². The molecule has 1 atom stereocenters. The largest absolute Gasteiger partial charge is 0.496 e. The van der Waals surface area contributed by atoms with Crippen molar-refractivity contribution in [1.82, 2.24) is 10.6 Å². The van der Waals surface area contributed by atoms with E-state index in [1.165, 1.54) is 16.7 Å². The summed E-state index contributed by atoms with van der Waals surface area (Å²) in [5, 5.41) is 11.4. The number of guanidine groups is 1. The third-order valence-corrected chi connectivity index (χ3v) is 6.58. The zero-order valence-corrected chi connectivity index (χ0v) is 21.5. The summed E-state index contributed by atoms with van der Waals surface area (Å²) in [6, 6.07) is 8.64. The van der Waals surface area contributed by atoms with Gasteiger partial charge in [-0.2, -0.15) is 11.3 Å². The number of nitrogens with one attached hydrogen (secondary N) is 2. The highest BCUT2D eigenvalue weighted by Gasteiger charge is 2.37. The topological polar surface area (TPSA) is 54.9 Å². The Labute approximate surface area is 201 Å². The molecule has 1 unspecified atom stereocenters. The molecule has 30 heavy (non-hydrogen) atoms. The van der Waals surface area contributed by atoms with Gasteiger partial charge in [0.1, 0.15) is 5.75 Å². The SMILES string of the molecule is CN=C(NCC(C)c1ccsc1)NCC1(c2cc(C)ccc2OC)CCOCC1.I. The molecule has 7 heteroatoms. The number of benzene rings is 1. The molecule has 0 aliphatic carbocycles. The second-order valence-corrected chi connectivity index (χ2v) is 8.64. The Kier molecular flexibility index (Phi) is 9.90. The van der Waals surface area contributed by atoms with Gasteiger partial charge in [0.05, 0.1) is 7.11 Å². The summed E-state index contributed by atoms with van der Waals surface area (Å²) < 4.78 is 11.4. The van der Waals surface area contributed by atoms with Crippen LogP contribution in [0.25, 0.3) is 0 Å². The van der Waals surface area contributed by atoms with Crippen molar-refractivity contribution in [3.8, 4) is 5.75 Å². The molecule has 3 rings (SSSR count). The number of aliphatic imine (C=N–C) groups is 1. The molecule has 0 bridgehead atoms. The average molecular weight is 544 g/mol. The molecule has 0 radical (unpaired) electrons. The summed E-state index contributed by atoms with van der Waals surface area (Å²) in [5.41, 5.74) is 3.84. The molecule has 5 nitrogen and oxygen atoms in total. The van der Waals surface area contributed by atoms with Gasteiger partial charge in [0, 0.05) is 44.3 Å². The van der Waals surface area contributed by atoms with Gasteiger partial charge in [-0.15, -0.1) is 24.0 Å².